The van der Waals surface area contributed by atoms with Crippen molar-refractivity contribution >= 4 is 11.8 Å². The molecule has 2 saturated heterocycles. The van der Waals surface area contributed by atoms with Crippen molar-refractivity contribution in [2.45, 2.75) is 45.6 Å². The molecule has 2 aliphatic rings. The molecule has 3 heterocycles. The van der Waals surface area contributed by atoms with Gasteiger partial charge in [0.15, 0.2) is 0 Å². The van der Waals surface area contributed by atoms with Gasteiger partial charge in [0.05, 0.1) is 13.2 Å². The molecule has 1 N–H and O–H groups in total. The molecule has 0 amide bonds. The molecule has 0 saturated carbocycles. The van der Waals surface area contributed by atoms with E-state index in [4.69, 9.17) is 9.72 Å². The molecule has 162 valence electrons. The topological polar surface area (TPSA) is 61.5 Å². The SMILES string of the molecule is CC(C)C1CCCN(c2nc(N3CCOCC3)cc(=O)[nH]2)[C@@H](Cc2ccccc2)C1. The molecule has 0 radical (unpaired) electrons. The summed E-state index contributed by atoms with van der Waals surface area (Å²) < 4.78 is 5.47. The van der Waals surface area contributed by atoms with Crippen molar-refractivity contribution in [1.29, 1.82) is 0 Å². The summed E-state index contributed by atoms with van der Waals surface area (Å²) in [7, 11) is 0. The Hall–Kier alpha value is -2.34. The van der Waals surface area contributed by atoms with E-state index in [1.165, 1.54) is 12.0 Å². The molecule has 2 aromatic rings. The van der Waals surface area contributed by atoms with Crippen LogP contribution in [0.15, 0.2) is 41.2 Å². The van der Waals surface area contributed by atoms with E-state index in [1.807, 2.05) is 0 Å². The lowest BCUT2D eigenvalue weighted by Crippen LogP contribution is -2.41. The predicted octanol–water partition coefficient (Wildman–Crippen LogP) is 3.48. The first-order valence-electron chi connectivity index (χ1n) is 11.3. The Balaban J connectivity index is 1.65. The van der Waals surface area contributed by atoms with E-state index in [1.54, 1.807) is 6.07 Å². The van der Waals surface area contributed by atoms with Crippen LogP contribution in [-0.4, -0.2) is 48.9 Å². The van der Waals surface area contributed by atoms with Crippen molar-refractivity contribution < 1.29 is 4.74 Å². The average Bonchev–Trinajstić information content (AvgIpc) is 2.97. The normalized spacial score (nSPS) is 22.9. The summed E-state index contributed by atoms with van der Waals surface area (Å²) in [5.74, 6) is 2.84. The molecule has 2 fully saturated rings. The van der Waals surface area contributed by atoms with Crippen molar-refractivity contribution in [3.05, 3.63) is 52.3 Å². The summed E-state index contributed by atoms with van der Waals surface area (Å²) in [6.07, 6.45) is 4.44. The van der Waals surface area contributed by atoms with Gasteiger partial charge >= 0.3 is 0 Å². The summed E-state index contributed by atoms with van der Waals surface area (Å²) in [5.41, 5.74) is 1.26. The highest BCUT2D eigenvalue weighted by Crippen LogP contribution is 2.32. The number of rotatable bonds is 5. The van der Waals surface area contributed by atoms with E-state index >= 15 is 0 Å². The predicted molar refractivity (Wildman–Crippen MR) is 121 cm³/mol. The van der Waals surface area contributed by atoms with Gasteiger partial charge in [-0.25, -0.2) is 0 Å². The largest absolute Gasteiger partial charge is 0.378 e. The maximum Gasteiger partial charge on any atom is 0.254 e. The fraction of sp³-hybridized carbons (Fsp3) is 0.583. The fourth-order valence-corrected chi connectivity index (χ4v) is 4.79. The summed E-state index contributed by atoms with van der Waals surface area (Å²) in [4.78, 5) is 25.0. The number of nitrogens with zero attached hydrogens (tertiary/aromatic N) is 3. The summed E-state index contributed by atoms with van der Waals surface area (Å²) in [5, 5.41) is 0. The summed E-state index contributed by atoms with van der Waals surface area (Å²) in [6, 6.07) is 12.6. The Morgan fingerprint density at radius 2 is 1.93 bits per heavy atom. The van der Waals surface area contributed by atoms with Crippen LogP contribution in [0.5, 0.6) is 0 Å². The second-order valence-corrected chi connectivity index (χ2v) is 8.95. The van der Waals surface area contributed by atoms with Gasteiger partial charge in [-0.2, -0.15) is 4.98 Å². The Bertz CT molecular complexity index is 861. The maximum absolute atomic E-state index is 12.5. The van der Waals surface area contributed by atoms with E-state index in [2.05, 4.69) is 59.0 Å². The van der Waals surface area contributed by atoms with Crippen LogP contribution < -0.4 is 15.4 Å². The van der Waals surface area contributed by atoms with Crippen LogP contribution in [0.3, 0.4) is 0 Å². The number of benzene rings is 1. The summed E-state index contributed by atoms with van der Waals surface area (Å²) >= 11 is 0. The van der Waals surface area contributed by atoms with Gasteiger partial charge in [0.2, 0.25) is 5.95 Å². The zero-order chi connectivity index (χ0) is 20.9. The van der Waals surface area contributed by atoms with E-state index < -0.39 is 0 Å². The minimum absolute atomic E-state index is 0.0791. The van der Waals surface area contributed by atoms with Crippen molar-refractivity contribution in [2.75, 3.05) is 42.6 Å². The van der Waals surface area contributed by atoms with Gasteiger partial charge in [0.1, 0.15) is 5.82 Å². The third kappa shape index (κ3) is 5.04. The highest BCUT2D eigenvalue weighted by molar-refractivity contribution is 5.45. The second kappa shape index (κ2) is 9.65. The number of H-pyrrole nitrogens is 1. The first-order valence-corrected chi connectivity index (χ1v) is 11.3. The van der Waals surface area contributed by atoms with Crippen LogP contribution in [0.2, 0.25) is 0 Å². The average molecular weight is 411 g/mol. The molecule has 0 bridgehead atoms. The lowest BCUT2D eigenvalue weighted by Gasteiger charge is -2.33. The van der Waals surface area contributed by atoms with Gasteiger partial charge in [-0.05, 0) is 43.1 Å². The fourth-order valence-electron chi connectivity index (χ4n) is 4.79. The molecule has 1 unspecified atom stereocenters. The number of aromatic amines is 1. The number of hydrogen-bond acceptors (Lipinski definition) is 5. The van der Waals surface area contributed by atoms with E-state index in [9.17, 15) is 4.79 Å². The van der Waals surface area contributed by atoms with Crippen LogP contribution in [-0.2, 0) is 11.2 Å². The molecule has 1 aromatic carbocycles. The first kappa shape index (κ1) is 20.9. The van der Waals surface area contributed by atoms with E-state index in [0.717, 1.165) is 44.7 Å². The van der Waals surface area contributed by atoms with Gasteiger partial charge in [-0.15, -0.1) is 0 Å². The highest BCUT2D eigenvalue weighted by atomic mass is 16.5. The number of nitrogens with one attached hydrogen (secondary N) is 1. The van der Waals surface area contributed by atoms with Gasteiger partial charge in [0, 0.05) is 31.7 Å². The van der Waals surface area contributed by atoms with Crippen LogP contribution in [0.25, 0.3) is 0 Å². The van der Waals surface area contributed by atoms with Crippen molar-refractivity contribution in [3.63, 3.8) is 0 Å². The zero-order valence-corrected chi connectivity index (χ0v) is 18.2. The number of hydrogen-bond donors (Lipinski definition) is 1. The number of ether oxygens (including phenoxy) is 1. The third-order valence-electron chi connectivity index (χ3n) is 6.57. The Labute approximate surface area is 179 Å². The molecular formula is C24H34N4O2. The van der Waals surface area contributed by atoms with Crippen LogP contribution in [0.1, 0.15) is 38.7 Å². The smallest absolute Gasteiger partial charge is 0.254 e. The maximum atomic E-state index is 12.5. The van der Waals surface area contributed by atoms with E-state index in [0.29, 0.717) is 37.0 Å². The molecule has 2 atom stereocenters. The van der Waals surface area contributed by atoms with Gasteiger partial charge < -0.3 is 14.5 Å². The van der Waals surface area contributed by atoms with Crippen LogP contribution in [0, 0.1) is 11.8 Å². The van der Waals surface area contributed by atoms with Crippen molar-refractivity contribution in [1.82, 2.24) is 9.97 Å². The molecular weight excluding hydrogens is 376 g/mol. The lowest BCUT2D eigenvalue weighted by atomic mass is 9.85. The minimum atomic E-state index is -0.0791. The Kier molecular flexibility index (Phi) is 6.72. The molecule has 0 spiro atoms. The molecule has 0 aliphatic carbocycles. The van der Waals surface area contributed by atoms with E-state index in [-0.39, 0.29) is 5.56 Å². The molecule has 1 aromatic heterocycles. The number of aromatic nitrogens is 2. The quantitative estimate of drug-likeness (QED) is 0.818. The third-order valence-corrected chi connectivity index (χ3v) is 6.57. The molecule has 2 aliphatic heterocycles. The van der Waals surface area contributed by atoms with Gasteiger partial charge in [-0.3, -0.25) is 9.78 Å². The van der Waals surface area contributed by atoms with Crippen LogP contribution in [0.4, 0.5) is 11.8 Å². The summed E-state index contributed by atoms with van der Waals surface area (Å²) in [6.45, 7) is 8.51. The lowest BCUT2D eigenvalue weighted by molar-refractivity contribution is 0.122. The Morgan fingerprint density at radius 3 is 2.67 bits per heavy atom. The second-order valence-electron chi connectivity index (χ2n) is 8.95. The zero-order valence-electron chi connectivity index (χ0n) is 18.2. The molecule has 6 heteroatoms. The van der Waals surface area contributed by atoms with Crippen LogP contribution >= 0.6 is 0 Å². The minimum Gasteiger partial charge on any atom is -0.378 e. The standard InChI is InChI=1S/C24H34N4O2/c1-18(2)20-9-6-10-28(21(16-20)15-19-7-4-3-5-8-19)24-25-22(17-23(29)26-24)27-11-13-30-14-12-27/h3-5,7-8,17-18,20-21H,6,9-16H2,1-2H3,(H,25,26,29)/t20?,21-/m0/s1. The molecule has 6 nitrogen and oxygen atoms in total. The monoisotopic (exact) mass is 410 g/mol. The van der Waals surface area contributed by atoms with Crippen molar-refractivity contribution in [2.24, 2.45) is 11.8 Å². The van der Waals surface area contributed by atoms with Gasteiger partial charge in [0.25, 0.3) is 5.56 Å². The number of morpholine rings is 1. The number of anilines is 2. The van der Waals surface area contributed by atoms with Gasteiger partial charge in [-0.1, -0.05) is 44.2 Å². The van der Waals surface area contributed by atoms with Crippen molar-refractivity contribution in [3.8, 4) is 0 Å². The molecule has 30 heavy (non-hydrogen) atoms. The molecule has 4 rings (SSSR count). The first-order chi connectivity index (χ1) is 14.6. The highest BCUT2D eigenvalue weighted by Gasteiger charge is 2.30. The Morgan fingerprint density at radius 1 is 1.17 bits per heavy atom.